The number of aliphatic carboxylic acids is 1. The number of carboxylic acids is 1. The summed E-state index contributed by atoms with van der Waals surface area (Å²) in [6.45, 7) is 0. The molecule has 0 spiro atoms. The van der Waals surface area contributed by atoms with Gasteiger partial charge in [0.2, 0.25) is 0 Å². The van der Waals surface area contributed by atoms with Gasteiger partial charge in [-0.1, -0.05) is 32.1 Å². The van der Waals surface area contributed by atoms with Gasteiger partial charge >= 0.3 is 5.97 Å². The summed E-state index contributed by atoms with van der Waals surface area (Å²) >= 11 is 0. The molecule has 1 rings (SSSR count). The number of nitrogens with two attached hydrogens (primary N) is 1. The third-order valence-electron chi connectivity index (χ3n) is 2.83. The molecule has 0 bridgehead atoms. The second-order valence-electron chi connectivity index (χ2n) is 3.99. The van der Waals surface area contributed by atoms with Crippen LogP contribution >= 0.6 is 0 Å². The van der Waals surface area contributed by atoms with Crippen molar-refractivity contribution in [1.29, 1.82) is 0 Å². The van der Waals surface area contributed by atoms with Crippen LogP contribution in [0.4, 0.5) is 0 Å². The highest BCUT2D eigenvalue weighted by atomic mass is 16.4. The van der Waals surface area contributed by atoms with Crippen LogP contribution in [0.3, 0.4) is 0 Å². The van der Waals surface area contributed by atoms with Crippen molar-refractivity contribution in [2.24, 2.45) is 11.7 Å². The van der Waals surface area contributed by atoms with Gasteiger partial charge < -0.3 is 10.8 Å². The highest BCUT2D eigenvalue weighted by Gasteiger charge is 2.25. The summed E-state index contributed by atoms with van der Waals surface area (Å²) in [5, 5.41) is 8.54. The van der Waals surface area contributed by atoms with Crippen molar-refractivity contribution in [3.63, 3.8) is 0 Å². The van der Waals surface area contributed by atoms with Gasteiger partial charge in [-0.3, -0.25) is 9.59 Å². The number of carbonyl (C=O) groups excluding carboxylic acids is 1. The van der Waals surface area contributed by atoms with Crippen LogP contribution in [0.2, 0.25) is 0 Å². The van der Waals surface area contributed by atoms with Gasteiger partial charge in [0.25, 0.3) is 0 Å². The average molecular weight is 199 g/mol. The maximum absolute atomic E-state index is 11.3. The second-order valence-corrected chi connectivity index (χ2v) is 3.99. The molecule has 0 aromatic heterocycles. The van der Waals surface area contributed by atoms with Crippen LogP contribution < -0.4 is 5.73 Å². The lowest BCUT2D eigenvalue weighted by Crippen LogP contribution is -2.39. The number of hydrogen-bond acceptors (Lipinski definition) is 3. The minimum atomic E-state index is -1.32. The van der Waals surface area contributed by atoms with Crippen molar-refractivity contribution in [3.8, 4) is 0 Å². The van der Waals surface area contributed by atoms with E-state index in [0.717, 1.165) is 25.7 Å². The molecule has 0 saturated heterocycles. The molecule has 1 aliphatic rings. The molecule has 1 aliphatic carbocycles. The summed E-state index contributed by atoms with van der Waals surface area (Å²) in [5.74, 6) is -1.18. The third kappa shape index (κ3) is 3.10. The van der Waals surface area contributed by atoms with Crippen molar-refractivity contribution < 1.29 is 14.7 Å². The van der Waals surface area contributed by atoms with Crippen LogP contribution in [0.15, 0.2) is 0 Å². The van der Waals surface area contributed by atoms with Crippen LogP contribution in [0.5, 0.6) is 0 Å². The normalized spacial score (nSPS) is 20.4. The molecule has 0 aliphatic heterocycles. The lowest BCUT2D eigenvalue weighted by molar-refractivity contribution is -0.142. The van der Waals surface area contributed by atoms with Gasteiger partial charge in [-0.15, -0.1) is 0 Å². The summed E-state index contributed by atoms with van der Waals surface area (Å²) < 4.78 is 0. The van der Waals surface area contributed by atoms with Gasteiger partial charge in [0.15, 0.2) is 11.8 Å². The molecule has 1 saturated carbocycles. The van der Waals surface area contributed by atoms with E-state index in [1.807, 2.05) is 0 Å². The van der Waals surface area contributed by atoms with E-state index >= 15 is 0 Å². The molecule has 1 unspecified atom stereocenters. The van der Waals surface area contributed by atoms with Gasteiger partial charge in [-0.05, 0) is 5.92 Å². The van der Waals surface area contributed by atoms with Crippen LogP contribution in [0.1, 0.15) is 38.5 Å². The molecule has 1 fully saturated rings. The van der Waals surface area contributed by atoms with Crippen LogP contribution in [-0.4, -0.2) is 22.9 Å². The summed E-state index contributed by atoms with van der Waals surface area (Å²) in [6, 6.07) is -1.32. The first-order valence-electron chi connectivity index (χ1n) is 5.12. The molecule has 0 radical (unpaired) electrons. The lowest BCUT2D eigenvalue weighted by Gasteiger charge is -2.21. The third-order valence-corrected chi connectivity index (χ3v) is 2.83. The fourth-order valence-corrected chi connectivity index (χ4v) is 1.94. The number of rotatable bonds is 4. The average Bonchev–Trinajstić information content (AvgIpc) is 2.18. The molecule has 1 atom stereocenters. The van der Waals surface area contributed by atoms with Gasteiger partial charge in [0.05, 0.1) is 0 Å². The highest BCUT2D eigenvalue weighted by molar-refractivity contribution is 6.02. The molecule has 80 valence electrons. The largest absolute Gasteiger partial charge is 0.480 e. The molecular weight excluding hydrogens is 182 g/mol. The van der Waals surface area contributed by atoms with Crippen LogP contribution in [0.25, 0.3) is 0 Å². The van der Waals surface area contributed by atoms with E-state index in [2.05, 4.69) is 0 Å². The first-order valence-corrected chi connectivity index (χ1v) is 5.12. The van der Waals surface area contributed by atoms with Crippen molar-refractivity contribution >= 4 is 11.8 Å². The van der Waals surface area contributed by atoms with Crippen molar-refractivity contribution in [3.05, 3.63) is 0 Å². The Bertz CT molecular complexity index is 221. The summed E-state index contributed by atoms with van der Waals surface area (Å²) in [5.41, 5.74) is 5.23. The van der Waals surface area contributed by atoms with Gasteiger partial charge in [0, 0.05) is 6.42 Å². The van der Waals surface area contributed by atoms with Crippen LogP contribution in [-0.2, 0) is 9.59 Å². The zero-order valence-electron chi connectivity index (χ0n) is 8.24. The zero-order valence-corrected chi connectivity index (χ0v) is 8.24. The Kier molecular flexibility index (Phi) is 4.07. The molecule has 4 heteroatoms. The van der Waals surface area contributed by atoms with E-state index in [4.69, 9.17) is 10.8 Å². The molecular formula is C10H17NO3. The predicted octanol–water partition coefficient (Wildman–Crippen LogP) is 0.938. The minimum absolute atomic E-state index is 0.329. The molecule has 0 heterocycles. The van der Waals surface area contributed by atoms with Crippen molar-refractivity contribution in [2.75, 3.05) is 0 Å². The van der Waals surface area contributed by atoms with Crippen LogP contribution in [0, 0.1) is 5.92 Å². The quantitative estimate of drug-likeness (QED) is 0.660. The topological polar surface area (TPSA) is 80.4 Å². The van der Waals surface area contributed by atoms with Gasteiger partial charge in [-0.2, -0.15) is 0 Å². The van der Waals surface area contributed by atoms with Gasteiger partial charge in [-0.25, -0.2) is 0 Å². The molecule has 0 aromatic rings. The summed E-state index contributed by atoms with van der Waals surface area (Å²) in [6.07, 6.45) is 5.96. The Morgan fingerprint density at radius 3 is 2.36 bits per heavy atom. The number of ketones is 1. The minimum Gasteiger partial charge on any atom is -0.480 e. The Morgan fingerprint density at radius 1 is 1.29 bits per heavy atom. The van der Waals surface area contributed by atoms with Gasteiger partial charge in [0.1, 0.15) is 0 Å². The van der Waals surface area contributed by atoms with E-state index in [1.54, 1.807) is 0 Å². The number of Topliss-reactive ketones (excluding diaryl/α,β-unsaturated/α-hetero) is 1. The Hall–Kier alpha value is -0.900. The van der Waals surface area contributed by atoms with E-state index in [0.29, 0.717) is 12.3 Å². The van der Waals surface area contributed by atoms with E-state index in [-0.39, 0.29) is 5.78 Å². The summed E-state index contributed by atoms with van der Waals surface area (Å²) in [7, 11) is 0. The summed E-state index contributed by atoms with van der Waals surface area (Å²) in [4.78, 5) is 21.8. The standard InChI is InChI=1S/C10H17NO3/c11-9(10(13)14)8(12)6-7-4-2-1-3-5-7/h7,9H,1-6,11H2,(H,13,14). The molecule has 0 amide bonds. The van der Waals surface area contributed by atoms with Crippen molar-refractivity contribution in [1.82, 2.24) is 0 Å². The molecule has 14 heavy (non-hydrogen) atoms. The van der Waals surface area contributed by atoms with E-state index in [9.17, 15) is 9.59 Å². The molecule has 0 aromatic carbocycles. The second kappa shape index (κ2) is 5.10. The Morgan fingerprint density at radius 2 is 1.86 bits per heavy atom. The first kappa shape index (κ1) is 11.2. The number of carbonyl (C=O) groups is 2. The van der Waals surface area contributed by atoms with Crippen molar-refractivity contribution in [2.45, 2.75) is 44.6 Å². The monoisotopic (exact) mass is 199 g/mol. The van der Waals surface area contributed by atoms with E-state index in [1.165, 1.54) is 6.42 Å². The fraction of sp³-hybridized carbons (Fsp3) is 0.800. The van der Waals surface area contributed by atoms with E-state index < -0.39 is 12.0 Å². The fourth-order valence-electron chi connectivity index (χ4n) is 1.94. The number of hydrogen-bond donors (Lipinski definition) is 2. The zero-order chi connectivity index (χ0) is 10.6. The maximum Gasteiger partial charge on any atom is 0.328 e. The first-order chi connectivity index (χ1) is 6.61. The number of carboxylic acid groups (broad SMARTS) is 1. The Balaban J connectivity index is 2.35. The SMILES string of the molecule is NC(C(=O)O)C(=O)CC1CCCCC1. The predicted molar refractivity (Wildman–Crippen MR) is 51.8 cm³/mol. The maximum atomic E-state index is 11.3. The molecule has 3 N–H and O–H groups in total. The smallest absolute Gasteiger partial charge is 0.328 e. The highest BCUT2D eigenvalue weighted by Crippen LogP contribution is 2.26. The lowest BCUT2D eigenvalue weighted by atomic mass is 9.85. The molecule has 4 nitrogen and oxygen atoms in total. The Labute approximate surface area is 83.5 Å².